The van der Waals surface area contributed by atoms with Crippen molar-refractivity contribution in [2.75, 3.05) is 13.2 Å². The first-order valence-corrected chi connectivity index (χ1v) is 36.0. The number of ether oxygens (including phenoxy) is 3. The summed E-state index contributed by atoms with van der Waals surface area (Å²) in [5.74, 6) is -0.842. The van der Waals surface area contributed by atoms with E-state index in [1.807, 2.05) is 0 Å². The maximum atomic E-state index is 13.0. The summed E-state index contributed by atoms with van der Waals surface area (Å²) in [6.45, 7) is 6.71. The third-order valence-corrected chi connectivity index (χ3v) is 16.4. The Labute approximate surface area is 499 Å². The molecule has 0 aromatic carbocycles. The first-order valence-electron chi connectivity index (χ1n) is 36.0. The number of hydrogen-bond acceptors (Lipinski definition) is 6. The zero-order valence-corrected chi connectivity index (χ0v) is 54.1. The smallest absolute Gasteiger partial charge is 0.306 e. The van der Waals surface area contributed by atoms with Crippen molar-refractivity contribution in [2.45, 2.75) is 406 Å². The maximum Gasteiger partial charge on any atom is 0.306 e. The highest BCUT2D eigenvalue weighted by Gasteiger charge is 2.19. The minimum Gasteiger partial charge on any atom is -0.462 e. The normalized spacial score (nSPS) is 12.2. The molecule has 0 radical (unpaired) electrons. The van der Waals surface area contributed by atoms with E-state index in [0.29, 0.717) is 19.3 Å². The van der Waals surface area contributed by atoms with Crippen LogP contribution in [0.25, 0.3) is 0 Å². The van der Waals surface area contributed by atoms with Gasteiger partial charge in [0.05, 0.1) is 0 Å². The lowest BCUT2D eigenvalue weighted by molar-refractivity contribution is -0.167. The van der Waals surface area contributed by atoms with E-state index in [0.717, 1.165) is 64.2 Å². The Balaban J connectivity index is 4.28. The van der Waals surface area contributed by atoms with Crippen LogP contribution in [-0.2, 0) is 28.6 Å². The van der Waals surface area contributed by atoms with Gasteiger partial charge in [-0.2, -0.15) is 0 Å². The fourth-order valence-corrected chi connectivity index (χ4v) is 10.9. The van der Waals surface area contributed by atoms with E-state index in [1.165, 1.54) is 295 Å². The van der Waals surface area contributed by atoms with Crippen LogP contribution in [0.3, 0.4) is 0 Å². The summed E-state index contributed by atoms with van der Waals surface area (Å²) in [5, 5.41) is 0. The molecule has 0 aromatic rings. The zero-order chi connectivity index (χ0) is 57.8. The van der Waals surface area contributed by atoms with E-state index in [-0.39, 0.29) is 31.1 Å². The summed E-state index contributed by atoms with van der Waals surface area (Å²) < 4.78 is 17.0. The van der Waals surface area contributed by atoms with Crippen LogP contribution >= 0.6 is 0 Å². The van der Waals surface area contributed by atoms with Crippen LogP contribution in [0, 0.1) is 0 Å². The molecule has 0 N–H and O–H groups in total. The molecular weight excluding hydrogens is 985 g/mol. The number of carbonyl (C=O) groups is 3. The maximum absolute atomic E-state index is 13.0. The van der Waals surface area contributed by atoms with Crippen molar-refractivity contribution in [1.29, 1.82) is 0 Å². The largest absolute Gasteiger partial charge is 0.462 e. The molecule has 6 nitrogen and oxygen atoms in total. The lowest BCUT2D eigenvalue weighted by Crippen LogP contribution is -2.30. The van der Waals surface area contributed by atoms with Gasteiger partial charge in [-0.15, -0.1) is 0 Å². The van der Waals surface area contributed by atoms with E-state index >= 15 is 0 Å². The Bertz CT molecular complexity index is 1340. The molecule has 0 rings (SSSR count). The van der Waals surface area contributed by atoms with E-state index in [2.05, 4.69) is 57.2 Å². The van der Waals surface area contributed by atoms with E-state index in [9.17, 15) is 14.4 Å². The van der Waals surface area contributed by atoms with Gasteiger partial charge in [0.25, 0.3) is 0 Å². The molecule has 0 aliphatic heterocycles. The van der Waals surface area contributed by atoms with Gasteiger partial charge in [-0.1, -0.05) is 340 Å². The van der Waals surface area contributed by atoms with Gasteiger partial charge < -0.3 is 14.2 Å². The number of carbonyl (C=O) groups excluding carboxylic acids is 3. The lowest BCUT2D eigenvalue weighted by atomic mass is 10.0. The fraction of sp³-hybridized carbons (Fsp3) is 0.878. The molecule has 0 fully saturated rings. The standard InChI is InChI=1S/C74H138O6/c1-4-7-10-13-16-19-22-25-28-31-33-35-36-37-38-40-41-43-46-49-52-55-58-61-64-67-73(76)79-70-71(69-78-72(75)66-63-60-57-54-51-48-45-30-27-24-21-18-15-12-9-6-3)80-74(77)68-65-62-59-56-53-50-47-44-42-39-34-32-29-26-23-20-17-14-11-8-5-2/h23,26,31-34,71H,4-22,24-25,27-30,35-70H2,1-3H3/b26-23-,33-31-,34-32-. The van der Waals surface area contributed by atoms with Gasteiger partial charge >= 0.3 is 17.9 Å². The van der Waals surface area contributed by atoms with Crippen molar-refractivity contribution in [3.05, 3.63) is 36.5 Å². The third kappa shape index (κ3) is 66.4. The van der Waals surface area contributed by atoms with Crippen LogP contribution in [0.1, 0.15) is 400 Å². The monoisotopic (exact) mass is 1120 g/mol. The lowest BCUT2D eigenvalue weighted by Gasteiger charge is -2.18. The predicted molar refractivity (Wildman–Crippen MR) is 349 cm³/mol. The van der Waals surface area contributed by atoms with Crippen LogP contribution in [0.2, 0.25) is 0 Å². The van der Waals surface area contributed by atoms with Crippen LogP contribution in [-0.4, -0.2) is 37.2 Å². The molecule has 0 aromatic heterocycles. The van der Waals surface area contributed by atoms with Crippen molar-refractivity contribution in [3.8, 4) is 0 Å². The molecule has 0 bridgehead atoms. The third-order valence-electron chi connectivity index (χ3n) is 16.4. The molecule has 1 atom stereocenters. The Kier molecular flexibility index (Phi) is 67.1. The van der Waals surface area contributed by atoms with E-state index in [4.69, 9.17) is 14.2 Å². The topological polar surface area (TPSA) is 78.9 Å². The molecule has 0 saturated heterocycles. The highest BCUT2D eigenvalue weighted by Crippen LogP contribution is 2.18. The fourth-order valence-electron chi connectivity index (χ4n) is 10.9. The predicted octanol–water partition coefficient (Wildman–Crippen LogP) is 24.7. The number of unbranched alkanes of at least 4 members (excludes halogenated alkanes) is 50. The summed E-state index contributed by atoms with van der Waals surface area (Å²) in [4.78, 5) is 38.5. The van der Waals surface area contributed by atoms with Gasteiger partial charge in [-0.05, 0) is 77.0 Å². The summed E-state index contributed by atoms with van der Waals surface area (Å²) in [6.07, 6.45) is 86.0. The number of esters is 3. The number of hydrogen-bond donors (Lipinski definition) is 0. The summed E-state index contributed by atoms with van der Waals surface area (Å²) >= 11 is 0. The summed E-state index contributed by atoms with van der Waals surface area (Å²) in [5.41, 5.74) is 0. The van der Waals surface area contributed by atoms with Crippen LogP contribution in [0.4, 0.5) is 0 Å². The molecule has 0 heterocycles. The van der Waals surface area contributed by atoms with Gasteiger partial charge in [0.2, 0.25) is 0 Å². The molecule has 6 heteroatoms. The van der Waals surface area contributed by atoms with E-state index in [1.54, 1.807) is 0 Å². The Morgan fingerprint density at radius 1 is 0.250 bits per heavy atom. The van der Waals surface area contributed by atoms with Crippen molar-refractivity contribution in [2.24, 2.45) is 0 Å². The summed E-state index contributed by atoms with van der Waals surface area (Å²) in [6, 6.07) is 0. The molecule has 470 valence electrons. The molecule has 0 saturated carbocycles. The molecule has 1 unspecified atom stereocenters. The van der Waals surface area contributed by atoms with Crippen molar-refractivity contribution in [3.63, 3.8) is 0 Å². The van der Waals surface area contributed by atoms with Gasteiger partial charge in [0.1, 0.15) is 13.2 Å². The van der Waals surface area contributed by atoms with Crippen LogP contribution in [0.15, 0.2) is 36.5 Å². The van der Waals surface area contributed by atoms with Crippen LogP contribution in [0.5, 0.6) is 0 Å². The molecule has 80 heavy (non-hydrogen) atoms. The van der Waals surface area contributed by atoms with Crippen LogP contribution < -0.4 is 0 Å². The average molecular weight is 1120 g/mol. The quantitative estimate of drug-likeness (QED) is 0.0261. The molecule has 0 spiro atoms. The zero-order valence-electron chi connectivity index (χ0n) is 54.1. The Morgan fingerprint density at radius 2 is 0.450 bits per heavy atom. The second-order valence-corrected chi connectivity index (χ2v) is 24.5. The van der Waals surface area contributed by atoms with Gasteiger partial charge in [-0.25, -0.2) is 0 Å². The Hall–Kier alpha value is -2.37. The first-order chi connectivity index (χ1) is 39.5. The van der Waals surface area contributed by atoms with Crippen molar-refractivity contribution < 1.29 is 28.6 Å². The highest BCUT2D eigenvalue weighted by atomic mass is 16.6. The molecule has 0 aliphatic carbocycles. The second-order valence-electron chi connectivity index (χ2n) is 24.5. The SMILES string of the molecule is CCCCCCC/C=C\C/C=C\CCCCCCCCCCCC(=O)OC(COC(=O)CCCCCCCCCCCCCCC/C=C\CCCCCCCCCC)COC(=O)CCCCCCCCCCCCCCCCCC. The average Bonchev–Trinajstić information content (AvgIpc) is 3.46. The van der Waals surface area contributed by atoms with Crippen molar-refractivity contribution >= 4 is 17.9 Å². The Morgan fingerprint density at radius 3 is 0.700 bits per heavy atom. The van der Waals surface area contributed by atoms with Gasteiger partial charge in [0, 0.05) is 19.3 Å². The van der Waals surface area contributed by atoms with E-state index < -0.39 is 6.10 Å². The molecular formula is C74H138O6. The summed E-state index contributed by atoms with van der Waals surface area (Å²) in [7, 11) is 0. The number of allylic oxidation sites excluding steroid dienone is 6. The highest BCUT2D eigenvalue weighted by molar-refractivity contribution is 5.71. The minimum absolute atomic E-state index is 0.0685. The first kappa shape index (κ1) is 77.6. The van der Waals surface area contributed by atoms with Crippen molar-refractivity contribution in [1.82, 2.24) is 0 Å². The number of rotatable bonds is 67. The second kappa shape index (κ2) is 69.1. The van der Waals surface area contributed by atoms with Gasteiger partial charge in [0.15, 0.2) is 6.10 Å². The minimum atomic E-state index is -0.773. The molecule has 0 amide bonds. The van der Waals surface area contributed by atoms with Gasteiger partial charge in [-0.3, -0.25) is 14.4 Å². The molecule has 0 aliphatic rings.